The number of hydrogen-bond acceptors (Lipinski definition) is 5. The van der Waals surface area contributed by atoms with E-state index in [1.54, 1.807) is 17.6 Å². The molecular formula is C18H20N4O2. The number of anilines is 2. The average molecular weight is 324 g/mol. The summed E-state index contributed by atoms with van der Waals surface area (Å²) in [6, 6.07) is 9.96. The van der Waals surface area contributed by atoms with Crippen molar-refractivity contribution in [1.29, 1.82) is 0 Å². The van der Waals surface area contributed by atoms with Gasteiger partial charge in [-0.2, -0.15) is 5.10 Å². The molecule has 0 aliphatic heterocycles. The zero-order valence-corrected chi connectivity index (χ0v) is 14.1. The summed E-state index contributed by atoms with van der Waals surface area (Å²) in [5.41, 5.74) is 3.28. The molecule has 3 aromatic rings. The second-order valence-corrected chi connectivity index (χ2v) is 5.37. The smallest absolute Gasteiger partial charge is 0.340 e. The van der Waals surface area contributed by atoms with Crippen molar-refractivity contribution >= 4 is 23.0 Å². The van der Waals surface area contributed by atoms with Crippen LogP contribution in [0.1, 0.15) is 29.8 Å². The number of benzene rings is 1. The van der Waals surface area contributed by atoms with Crippen LogP contribution in [0.25, 0.3) is 5.52 Å². The lowest BCUT2D eigenvalue weighted by Gasteiger charge is -2.19. The summed E-state index contributed by atoms with van der Waals surface area (Å²) in [5.74, 6) is 0.428. The number of rotatable bonds is 5. The summed E-state index contributed by atoms with van der Waals surface area (Å²) in [6.45, 7) is 4.15. The summed E-state index contributed by atoms with van der Waals surface area (Å²) >= 11 is 0. The lowest BCUT2D eigenvalue weighted by Crippen LogP contribution is -2.13. The molecule has 0 unspecified atom stereocenters. The van der Waals surface area contributed by atoms with Gasteiger partial charge in [0.2, 0.25) is 0 Å². The number of hydrogen-bond donors (Lipinski definition) is 0. The summed E-state index contributed by atoms with van der Waals surface area (Å²) < 4.78 is 6.87. The highest BCUT2D eigenvalue weighted by atomic mass is 16.5. The van der Waals surface area contributed by atoms with Gasteiger partial charge in [-0.1, -0.05) is 25.1 Å². The number of fused-ring (bicyclic) bond motifs is 1. The molecule has 0 bridgehead atoms. The molecule has 6 heteroatoms. The van der Waals surface area contributed by atoms with E-state index in [0.717, 1.165) is 22.6 Å². The first kappa shape index (κ1) is 16.0. The second kappa shape index (κ2) is 6.70. The first-order valence-corrected chi connectivity index (χ1v) is 7.98. The maximum atomic E-state index is 12.2. The number of aromatic nitrogens is 3. The molecule has 3 rings (SSSR count). The Kier molecular flexibility index (Phi) is 4.46. The predicted octanol–water partition coefficient (Wildman–Crippen LogP) is 3.24. The van der Waals surface area contributed by atoms with Crippen molar-refractivity contribution in [3.63, 3.8) is 0 Å². The fraction of sp³-hybridized carbons (Fsp3) is 0.278. The summed E-state index contributed by atoms with van der Waals surface area (Å²) in [5, 5.41) is 4.26. The molecule has 0 saturated heterocycles. The quantitative estimate of drug-likeness (QED) is 0.674. The minimum atomic E-state index is -0.326. The van der Waals surface area contributed by atoms with Gasteiger partial charge in [0.1, 0.15) is 11.8 Å². The van der Waals surface area contributed by atoms with Gasteiger partial charge >= 0.3 is 5.97 Å². The van der Waals surface area contributed by atoms with Crippen molar-refractivity contribution in [1.82, 2.24) is 14.6 Å². The van der Waals surface area contributed by atoms with E-state index in [-0.39, 0.29) is 5.97 Å². The highest BCUT2D eigenvalue weighted by molar-refractivity contribution is 5.96. The molecule has 0 aliphatic carbocycles. The fourth-order valence-electron chi connectivity index (χ4n) is 2.82. The number of nitrogens with zero attached hydrogens (tertiary/aromatic N) is 4. The van der Waals surface area contributed by atoms with Crippen molar-refractivity contribution in [3.8, 4) is 0 Å². The van der Waals surface area contributed by atoms with Crippen LogP contribution in [-0.4, -0.2) is 34.2 Å². The Labute approximate surface area is 140 Å². The Morgan fingerprint density at radius 3 is 2.67 bits per heavy atom. The summed E-state index contributed by atoms with van der Waals surface area (Å²) in [7, 11) is 1.95. The topological polar surface area (TPSA) is 59.7 Å². The standard InChI is InChI=1S/C18H20N4O2/c1-4-14-15(18(23)24-5-2)11-22-16(14)17(19-12-20-22)21(3)13-9-7-6-8-10-13/h6-12H,4-5H2,1-3H3. The number of esters is 1. The number of carbonyl (C=O) groups excluding carboxylic acids is 1. The molecule has 0 saturated carbocycles. The first-order chi connectivity index (χ1) is 11.7. The van der Waals surface area contributed by atoms with Crippen LogP contribution in [0.15, 0.2) is 42.9 Å². The van der Waals surface area contributed by atoms with Gasteiger partial charge in [-0.05, 0) is 31.0 Å². The van der Waals surface area contributed by atoms with Gasteiger partial charge in [-0.25, -0.2) is 14.3 Å². The highest BCUT2D eigenvalue weighted by Crippen LogP contribution is 2.30. The van der Waals surface area contributed by atoms with E-state index in [4.69, 9.17) is 4.74 Å². The van der Waals surface area contributed by atoms with Crippen molar-refractivity contribution in [2.75, 3.05) is 18.6 Å². The monoisotopic (exact) mass is 324 g/mol. The SMILES string of the molecule is CCOC(=O)c1cn2ncnc(N(C)c3ccccc3)c2c1CC. The molecule has 0 fully saturated rings. The van der Waals surface area contributed by atoms with E-state index >= 15 is 0 Å². The van der Waals surface area contributed by atoms with Crippen molar-refractivity contribution in [2.24, 2.45) is 0 Å². The molecule has 0 amide bonds. The number of para-hydroxylation sites is 1. The van der Waals surface area contributed by atoms with Gasteiger partial charge in [-0.15, -0.1) is 0 Å². The van der Waals surface area contributed by atoms with Crippen molar-refractivity contribution < 1.29 is 9.53 Å². The molecule has 24 heavy (non-hydrogen) atoms. The lowest BCUT2D eigenvalue weighted by molar-refractivity contribution is 0.0525. The van der Waals surface area contributed by atoms with E-state index in [1.807, 2.05) is 49.2 Å². The number of carbonyl (C=O) groups is 1. The zero-order valence-electron chi connectivity index (χ0n) is 14.1. The second-order valence-electron chi connectivity index (χ2n) is 5.37. The Hall–Kier alpha value is -2.89. The molecule has 0 atom stereocenters. The molecule has 0 spiro atoms. The molecule has 6 nitrogen and oxygen atoms in total. The highest BCUT2D eigenvalue weighted by Gasteiger charge is 2.22. The fourth-order valence-corrected chi connectivity index (χ4v) is 2.82. The predicted molar refractivity (Wildman–Crippen MR) is 92.8 cm³/mol. The molecule has 0 N–H and O–H groups in total. The molecule has 0 radical (unpaired) electrons. The first-order valence-electron chi connectivity index (χ1n) is 7.98. The van der Waals surface area contributed by atoms with Gasteiger partial charge in [0.05, 0.1) is 12.2 Å². The van der Waals surface area contributed by atoms with Crippen molar-refractivity contribution in [3.05, 3.63) is 54.0 Å². The van der Waals surface area contributed by atoms with E-state index in [2.05, 4.69) is 10.1 Å². The Balaban J connectivity index is 2.17. The summed E-state index contributed by atoms with van der Waals surface area (Å²) in [6.07, 6.45) is 3.90. The lowest BCUT2D eigenvalue weighted by atomic mass is 10.1. The molecular weight excluding hydrogens is 304 g/mol. The van der Waals surface area contributed by atoms with Crippen LogP contribution >= 0.6 is 0 Å². The van der Waals surface area contributed by atoms with Crippen molar-refractivity contribution in [2.45, 2.75) is 20.3 Å². The van der Waals surface area contributed by atoms with Crippen LogP contribution in [0.3, 0.4) is 0 Å². The van der Waals surface area contributed by atoms with Crippen LogP contribution in [0.4, 0.5) is 11.5 Å². The van der Waals surface area contributed by atoms with Crippen LogP contribution in [0.2, 0.25) is 0 Å². The van der Waals surface area contributed by atoms with Crippen LogP contribution in [-0.2, 0) is 11.2 Å². The van der Waals surface area contributed by atoms with E-state index in [1.165, 1.54) is 6.33 Å². The molecule has 2 aromatic heterocycles. The van der Waals surface area contributed by atoms with Crippen LogP contribution < -0.4 is 4.90 Å². The third kappa shape index (κ3) is 2.71. The zero-order chi connectivity index (χ0) is 17.1. The van der Waals surface area contributed by atoms with Crippen LogP contribution in [0.5, 0.6) is 0 Å². The van der Waals surface area contributed by atoms with E-state index in [9.17, 15) is 4.79 Å². The maximum absolute atomic E-state index is 12.2. The van der Waals surface area contributed by atoms with Gasteiger partial charge in [0.15, 0.2) is 5.82 Å². The summed E-state index contributed by atoms with van der Waals surface area (Å²) in [4.78, 5) is 18.7. The number of aryl methyl sites for hydroxylation is 1. The Morgan fingerprint density at radius 2 is 2.00 bits per heavy atom. The van der Waals surface area contributed by atoms with Crippen LogP contribution in [0, 0.1) is 0 Å². The Morgan fingerprint density at radius 1 is 1.25 bits per heavy atom. The van der Waals surface area contributed by atoms with Gasteiger partial charge < -0.3 is 9.64 Å². The minimum absolute atomic E-state index is 0.326. The normalized spacial score (nSPS) is 10.8. The van der Waals surface area contributed by atoms with E-state index in [0.29, 0.717) is 18.6 Å². The minimum Gasteiger partial charge on any atom is -0.462 e. The number of ether oxygens (including phenoxy) is 1. The third-order valence-corrected chi connectivity index (χ3v) is 3.97. The third-order valence-electron chi connectivity index (χ3n) is 3.97. The van der Waals surface area contributed by atoms with Gasteiger partial charge in [0, 0.05) is 18.9 Å². The maximum Gasteiger partial charge on any atom is 0.340 e. The van der Waals surface area contributed by atoms with Gasteiger partial charge in [-0.3, -0.25) is 0 Å². The molecule has 2 heterocycles. The molecule has 1 aromatic carbocycles. The van der Waals surface area contributed by atoms with E-state index < -0.39 is 0 Å². The average Bonchev–Trinajstić information content (AvgIpc) is 3.01. The largest absolute Gasteiger partial charge is 0.462 e. The molecule has 124 valence electrons. The van der Waals surface area contributed by atoms with Gasteiger partial charge in [0.25, 0.3) is 0 Å². The Bertz CT molecular complexity index is 858. The molecule has 0 aliphatic rings.